The molecule has 0 atom stereocenters. The molecule has 0 bridgehead atoms. The van der Waals surface area contributed by atoms with E-state index in [1.165, 1.54) is 0 Å². The van der Waals surface area contributed by atoms with E-state index >= 15 is 0 Å². The fraction of sp³-hybridized carbons (Fsp3) is 0.462. The number of nitrogens with zero attached hydrogens (tertiary/aromatic N) is 1. The zero-order valence-corrected chi connectivity index (χ0v) is 12.5. The average molecular weight is 315 g/mol. The lowest BCUT2D eigenvalue weighted by atomic mass is 10.1. The van der Waals surface area contributed by atoms with E-state index in [4.69, 9.17) is 5.73 Å². The minimum absolute atomic E-state index is 0.132. The Morgan fingerprint density at radius 2 is 2.06 bits per heavy atom. The van der Waals surface area contributed by atoms with E-state index in [1.54, 1.807) is 36.9 Å². The second-order valence-electron chi connectivity index (χ2n) is 4.91. The summed E-state index contributed by atoms with van der Waals surface area (Å²) in [6, 6.07) is 5.11. The van der Waals surface area contributed by atoms with Gasteiger partial charge in [0.2, 0.25) is 0 Å². The highest BCUT2D eigenvalue weighted by Gasteiger charge is 2.22. The van der Waals surface area contributed by atoms with Gasteiger partial charge in [-0.05, 0) is 39.0 Å². The van der Waals surface area contributed by atoms with Gasteiger partial charge in [0.15, 0.2) is 0 Å². The van der Waals surface area contributed by atoms with Gasteiger partial charge in [-0.3, -0.25) is 4.79 Å². The molecule has 0 aliphatic rings. The third-order valence-corrected chi connectivity index (χ3v) is 2.87. The SMILES string of the molecule is CCN(CC(C)(C)O)C(=O)c1cc(N)cc(Br)c1. The lowest BCUT2D eigenvalue weighted by Gasteiger charge is -2.28. The predicted octanol–water partition coefficient (Wildman–Crippen LogP) is 2.26. The molecule has 0 spiro atoms. The predicted molar refractivity (Wildman–Crippen MR) is 76.4 cm³/mol. The van der Waals surface area contributed by atoms with Gasteiger partial charge in [0.1, 0.15) is 0 Å². The quantitative estimate of drug-likeness (QED) is 0.838. The summed E-state index contributed by atoms with van der Waals surface area (Å²) in [5.74, 6) is -0.132. The van der Waals surface area contributed by atoms with Gasteiger partial charge in [0.25, 0.3) is 5.91 Å². The molecule has 18 heavy (non-hydrogen) atoms. The molecule has 3 N–H and O–H groups in total. The highest BCUT2D eigenvalue weighted by molar-refractivity contribution is 9.10. The number of anilines is 1. The van der Waals surface area contributed by atoms with Gasteiger partial charge in [-0.15, -0.1) is 0 Å². The number of rotatable bonds is 4. The van der Waals surface area contributed by atoms with Crippen molar-refractivity contribution in [2.45, 2.75) is 26.4 Å². The maximum atomic E-state index is 12.3. The fourth-order valence-corrected chi connectivity index (χ4v) is 2.22. The van der Waals surface area contributed by atoms with E-state index in [0.29, 0.717) is 17.8 Å². The molecule has 1 aromatic carbocycles. The zero-order valence-electron chi connectivity index (χ0n) is 10.9. The average Bonchev–Trinajstić information content (AvgIpc) is 2.22. The summed E-state index contributed by atoms with van der Waals surface area (Å²) < 4.78 is 0.769. The smallest absolute Gasteiger partial charge is 0.254 e. The molecule has 0 fully saturated rings. The number of carbonyl (C=O) groups excluding carboxylic acids is 1. The summed E-state index contributed by atoms with van der Waals surface area (Å²) in [5.41, 5.74) is 5.86. The molecule has 0 heterocycles. The number of aliphatic hydroxyl groups is 1. The van der Waals surface area contributed by atoms with Gasteiger partial charge < -0.3 is 15.7 Å². The van der Waals surface area contributed by atoms with Gasteiger partial charge in [-0.25, -0.2) is 0 Å². The lowest BCUT2D eigenvalue weighted by molar-refractivity contribution is 0.0314. The van der Waals surface area contributed by atoms with Crippen LogP contribution in [0.5, 0.6) is 0 Å². The number of likely N-dealkylation sites (N-methyl/N-ethyl adjacent to an activating group) is 1. The van der Waals surface area contributed by atoms with E-state index in [2.05, 4.69) is 15.9 Å². The van der Waals surface area contributed by atoms with Crippen LogP contribution < -0.4 is 5.73 Å². The first-order chi connectivity index (χ1) is 8.23. The molecular formula is C13H19BrN2O2. The Morgan fingerprint density at radius 1 is 1.44 bits per heavy atom. The number of nitrogens with two attached hydrogens (primary N) is 1. The number of amides is 1. The van der Waals surface area contributed by atoms with Crippen LogP contribution in [0.15, 0.2) is 22.7 Å². The van der Waals surface area contributed by atoms with Crippen molar-refractivity contribution in [2.24, 2.45) is 0 Å². The number of hydrogen-bond donors (Lipinski definition) is 2. The minimum Gasteiger partial charge on any atom is -0.399 e. The van der Waals surface area contributed by atoms with Crippen LogP contribution in [-0.2, 0) is 0 Å². The van der Waals surface area contributed by atoms with Crippen molar-refractivity contribution >= 4 is 27.5 Å². The Kier molecular flexibility index (Phi) is 4.76. The largest absolute Gasteiger partial charge is 0.399 e. The number of nitrogen functional groups attached to an aromatic ring is 1. The first-order valence-corrected chi connectivity index (χ1v) is 6.60. The van der Waals surface area contributed by atoms with Gasteiger partial charge in [-0.2, -0.15) is 0 Å². The third kappa shape index (κ3) is 4.31. The first-order valence-electron chi connectivity index (χ1n) is 5.80. The number of carbonyl (C=O) groups is 1. The molecule has 0 saturated carbocycles. The minimum atomic E-state index is -0.913. The monoisotopic (exact) mass is 314 g/mol. The molecule has 5 heteroatoms. The molecule has 1 aromatic rings. The van der Waals surface area contributed by atoms with Gasteiger partial charge in [-0.1, -0.05) is 15.9 Å². The van der Waals surface area contributed by atoms with E-state index in [-0.39, 0.29) is 12.5 Å². The van der Waals surface area contributed by atoms with Crippen molar-refractivity contribution in [3.63, 3.8) is 0 Å². The van der Waals surface area contributed by atoms with Crippen molar-refractivity contribution in [2.75, 3.05) is 18.8 Å². The molecule has 0 saturated heterocycles. The van der Waals surface area contributed by atoms with Crippen LogP contribution in [0, 0.1) is 0 Å². The van der Waals surface area contributed by atoms with Crippen LogP contribution >= 0.6 is 15.9 Å². The molecular weight excluding hydrogens is 296 g/mol. The number of benzene rings is 1. The van der Waals surface area contributed by atoms with E-state index in [0.717, 1.165) is 4.47 Å². The molecule has 0 aromatic heterocycles. The van der Waals surface area contributed by atoms with Crippen LogP contribution in [0.3, 0.4) is 0 Å². The van der Waals surface area contributed by atoms with Crippen LogP contribution in [-0.4, -0.2) is 34.6 Å². The molecule has 1 amide bonds. The Balaban J connectivity index is 2.96. The van der Waals surface area contributed by atoms with Gasteiger partial charge in [0.05, 0.1) is 5.60 Å². The normalized spacial score (nSPS) is 11.4. The summed E-state index contributed by atoms with van der Waals surface area (Å²) in [5, 5.41) is 9.80. The summed E-state index contributed by atoms with van der Waals surface area (Å²) in [4.78, 5) is 13.9. The van der Waals surface area contributed by atoms with Gasteiger partial charge in [0, 0.05) is 28.8 Å². The topological polar surface area (TPSA) is 66.6 Å². The molecule has 1 rings (SSSR count). The zero-order chi connectivity index (χ0) is 13.9. The van der Waals surface area contributed by atoms with Crippen molar-refractivity contribution in [3.8, 4) is 0 Å². The Morgan fingerprint density at radius 3 is 2.50 bits per heavy atom. The number of halogens is 1. The Bertz CT molecular complexity index is 421. The second kappa shape index (κ2) is 5.71. The van der Waals surface area contributed by atoms with Crippen LogP contribution in [0.1, 0.15) is 31.1 Å². The lowest BCUT2D eigenvalue weighted by Crippen LogP contribution is -2.42. The van der Waals surface area contributed by atoms with Crippen LogP contribution in [0.25, 0.3) is 0 Å². The highest BCUT2D eigenvalue weighted by atomic mass is 79.9. The standard InChI is InChI=1S/C13H19BrN2O2/c1-4-16(8-13(2,3)18)12(17)9-5-10(14)7-11(15)6-9/h5-7,18H,4,8,15H2,1-3H3. The maximum Gasteiger partial charge on any atom is 0.254 e. The van der Waals surface area contributed by atoms with Crippen molar-refractivity contribution in [1.29, 1.82) is 0 Å². The summed E-state index contributed by atoms with van der Waals surface area (Å²) in [7, 11) is 0. The van der Waals surface area contributed by atoms with Crippen molar-refractivity contribution in [1.82, 2.24) is 4.90 Å². The maximum absolute atomic E-state index is 12.3. The molecule has 4 nitrogen and oxygen atoms in total. The summed E-state index contributed by atoms with van der Waals surface area (Å²) >= 11 is 3.31. The first kappa shape index (κ1) is 15.0. The molecule has 0 aliphatic carbocycles. The second-order valence-corrected chi connectivity index (χ2v) is 5.82. The molecule has 0 aliphatic heterocycles. The summed E-state index contributed by atoms with van der Waals surface area (Å²) in [6.45, 7) is 6.06. The van der Waals surface area contributed by atoms with Crippen molar-refractivity contribution in [3.05, 3.63) is 28.2 Å². The van der Waals surface area contributed by atoms with Crippen LogP contribution in [0.4, 0.5) is 5.69 Å². The van der Waals surface area contributed by atoms with Crippen LogP contribution in [0.2, 0.25) is 0 Å². The van der Waals surface area contributed by atoms with E-state index in [9.17, 15) is 9.90 Å². The summed E-state index contributed by atoms with van der Waals surface area (Å²) in [6.07, 6.45) is 0. The molecule has 100 valence electrons. The van der Waals surface area contributed by atoms with Gasteiger partial charge >= 0.3 is 0 Å². The third-order valence-electron chi connectivity index (χ3n) is 2.41. The number of hydrogen-bond acceptors (Lipinski definition) is 3. The fourth-order valence-electron chi connectivity index (χ4n) is 1.71. The Hall–Kier alpha value is -1.07. The van der Waals surface area contributed by atoms with E-state index < -0.39 is 5.60 Å². The van der Waals surface area contributed by atoms with Crippen molar-refractivity contribution < 1.29 is 9.90 Å². The molecule has 0 radical (unpaired) electrons. The highest BCUT2D eigenvalue weighted by Crippen LogP contribution is 2.19. The Labute approximate surface area is 116 Å². The molecule has 0 unspecified atom stereocenters. The van der Waals surface area contributed by atoms with E-state index in [1.807, 2.05) is 6.92 Å².